The Morgan fingerprint density at radius 2 is 1.12 bits per heavy atom. The Morgan fingerprint density at radius 3 is 1.88 bits per heavy atom. The third-order valence-electron chi connectivity index (χ3n) is 12.6. The minimum atomic E-state index is -0.308. The van der Waals surface area contributed by atoms with E-state index in [2.05, 4.69) is 205 Å². The van der Waals surface area contributed by atoms with E-state index >= 15 is 0 Å². The molecule has 0 saturated heterocycles. The molecule has 0 unspecified atom stereocenters. The highest BCUT2D eigenvalue weighted by atomic mass is 15.0. The summed E-state index contributed by atoms with van der Waals surface area (Å²) >= 11 is 0. The summed E-state index contributed by atoms with van der Waals surface area (Å²) in [6.45, 7) is 0. The SMILES string of the molecule is C1=CC2=C(CC1)C(c1ccccc1)(c1ccccc1)c1cc(Cc3cccc(-c4cccc(-c5ccc6c7c(n(-c8ccccc8)c6c5)CCC=C7)c4)c3)ccc12. The van der Waals surface area contributed by atoms with Crippen LogP contribution in [0.15, 0.2) is 200 Å². The van der Waals surface area contributed by atoms with Gasteiger partial charge in [-0.2, -0.15) is 0 Å². The number of hydrogen-bond acceptors (Lipinski definition) is 0. The van der Waals surface area contributed by atoms with E-state index in [1.54, 1.807) is 0 Å². The second kappa shape index (κ2) is 13.8. The van der Waals surface area contributed by atoms with Crippen LogP contribution in [-0.2, 0) is 18.3 Å². The van der Waals surface area contributed by atoms with Crippen molar-refractivity contribution >= 4 is 22.6 Å². The lowest BCUT2D eigenvalue weighted by Crippen LogP contribution is -2.30. The maximum Gasteiger partial charge on any atom is 0.0676 e. The predicted molar refractivity (Wildman–Crippen MR) is 239 cm³/mol. The maximum absolute atomic E-state index is 2.52. The fraction of sp³-hybridized carbons (Fsp3) is 0.107. The minimum Gasteiger partial charge on any atom is -0.313 e. The number of allylic oxidation sites excluding steroid dienone is 5. The van der Waals surface area contributed by atoms with Gasteiger partial charge >= 0.3 is 0 Å². The molecule has 0 spiro atoms. The highest BCUT2D eigenvalue weighted by Crippen LogP contribution is 2.57. The van der Waals surface area contributed by atoms with Crippen molar-refractivity contribution in [2.75, 3.05) is 0 Å². The van der Waals surface area contributed by atoms with E-state index in [4.69, 9.17) is 0 Å². The standard InChI is InChI=1S/C56H43N/c1-4-20-45(21-5-1)56(46-22-6-2-7-23-46)52-28-12-10-26-48(52)49-32-30-40(36-53(49)56)34-39-16-14-17-41(35-39)42-18-15-19-43(37-42)44-31-33-51-50-27-11-13-29-54(50)57(55(51)38-44)47-24-8-3-9-25-47/h1-11,14-27,30-33,35-38H,12-13,28-29,34H2. The summed E-state index contributed by atoms with van der Waals surface area (Å²) in [6, 6.07) is 65.8. The lowest BCUT2D eigenvalue weighted by atomic mass is 9.65. The number of para-hydroxylation sites is 1. The van der Waals surface area contributed by atoms with Gasteiger partial charge in [-0.05, 0) is 123 Å². The van der Waals surface area contributed by atoms with Gasteiger partial charge in [0.2, 0.25) is 0 Å². The average Bonchev–Trinajstić information content (AvgIpc) is 3.77. The molecule has 7 aromatic carbocycles. The van der Waals surface area contributed by atoms with Crippen LogP contribution in [0.4, 0.5) is 0 Å². The second-order valence-electron chi connectivity index (χ2n) is 15.9. The Bertz CT molecular complexity index is 2860. The summed E-state index contributed by atoms with van der Waals surface area (Å²) in [5.74, 6) is 0. The topological polar surface area (TPSA) is 4.93 Å². The van der Waals surface area contributed by atoms with Crippen molar-refractivity contribution in [2.45, 2.75) is 37.5 Å². The largest absolute Gasteiger partial charge is 0.313 e. The van der Waals surface area contributed by atoms with Gasteiger partial charge in [0.1, 0.15) is 0 Å². The third kappa shape index (κ3) is 5.52. The van der Waals surface area contributed by atoms with Gasteiger partial charge in [-0.25, -0.2) is 0 Å². The summed E-state index contributed by atoms with van der Waals surface area (Å²) in [4.78, 5) is 0. The van der Waals surface area contributed by atoms with Gasteiger partial charge in [-0.3, -0.25) is 0 Å². The summed E-state index contributed by atoms with van der Waals surface area (Å²) < 4.78 is 2.48. The summed E-state index contributed by atoms with van der Waals surface area (Å²) in [7, 11) is 0. The Hall–Kier alpha value is -6.70. The number of nitrogens with zero attached hydrogens (tertiary/aromatic N) is 1. The quantitative estimate of drug-likeness (QED) is 0.154. The first kappa shape index (κ1) is 33.6. The monoisotopic (exact) mass is 729 g/mol. The summed E-state index contributed by atoms with van der Waals surface area (Å²) in [5, 5.41) is 1.32. The van der Waals surface area contributed by atoms with Gasteiger partial charge in [0.05, 0.1) is 10.9 Å². The van der Waals surface area contributed by atoms with Gasteiger partial charge in [0.15, 0.2) is 0 Å². The normalized spacial score (nSPS) is 15.1. The molecule has 0 amide bonds. The van der Waals surface area contributed by atoms with Gasteiger partial charge < -0.3 is 4.57 Å². The van der Waals surface area contributed by atoms with E-state index in [1.165, 1.54) is 94.6 Å². The van der Waals surface area contributed by atoms with Crippen LogP contribution < -0.4 is 0 Å². The molecule has 0 N–H and O–H groups in total. The Labute approximate surface area is 335 Å². The maximum atomic E-state index is 2.52. The molecule has 3 aliphatic carbocycles. The van der Waals surface area contributed by atoms with Gasteiger partial charge in [0, 0.05) is 22.3 Å². The molecule has 272 valence electrons. The molecule has 1 heteroatoms. The third-order valence-corrected chi connectivity index (χ3v) is 12.6. The lowest BCUT2D eigenvalue weighted by molar-refractivity contribution is 0.695. The van der Waals surface area contributed by atoms with E-state index < -0.39 is 0 Å². The van der Waals surface area contributed by atoms with Crippen molar-refractivity contribution in [1.82, 2.24) is 4.57 Å². The zero-order chi connectivity index (χ0) is 37.8. The molecule has 0 bridgehead atoms. The first-order valence-electron chi connectivity index (χ1n) is 20.5. The Kier molecular flexibility index (Phi) is 8.14. The number of fused-ring (bicyclic) bond motifs is 5. The summed E-state index contributed by atoms with van der Waals surface area (Å²) in [6.07, 6.45) is 14.5. The molecule has 0 atom stereocenters. The van der Waals surface area contributed by atoms with Crippen molar-refractivity contribution in [2.24, 2.45) is 0 Å². The van der Waals surface area contributed by atoms with Gasteiger partial charge in [-0.1, -0.05) is 176 Å². The van der Waals surface area contributed by atoms with E-state index in [-0.39, 0.29) is 5.41 Å². The lowest BCUT2D eigenvalue weighted by Gasteiger charge is -2.36. The molecular weight excluding hydrogens is 687 g/mol. The van der Waals surface area contributed by atoms with Gasteiger partial charge in [0.25, 0.3) is 0 Å². The fourth-order valence-electron chi connectivity index (χ4n) is 10.2. The molecule has 11 rings (SSSR count). The summed E-state index contributed by atoms with van der Waals surface area (Å²) in [5.41, 5.74) is 21.0. The minimum absolute atomic E-state index is 0.308. The molecule has 0 saturated carbocycles. The van der Waals surface area contributed by atoms with Crippen LogP contribution in [0.2, 0.25) is 0 Å². The highest BCUT2D eigenvalue weighted by molar-refractivity contribution is 5.96. The molecule has 0 radical (unpaired) electrons. The Balaban J connectivity index is 0.955. The number of aromatic nitrogens is 1. The van der Waals surface area contributed by atoms with Crippen molar-refractivity contribution < 1.29 is 0 Å². The molecule has 1 nitrogen and oxygen atoms in total. The number of rotatable bonds is 7. The van der Waals surface area contributed by atoms with Crippen molar-refractivity contribution in [3.8, 4) is 27.9 Å². The van der Waals surface area contributed by atoms with E-state index in [1.807, 2.05) is 0 Å². The van der Waals surface area contributed by atoms with Crippen LogP contribution in [0.1, 0.15) is 63.9 Å². The molecule has 3 aliphatic rings. The van der Waals surface area contributed by atoms with Crippen LogP contribution in [0.5, 0.6) is 0 Å². The molecule has 1 heterocycles. The first-order chi connectivity index (χ1) is 28.3. The van der Waals surface area contributed by atoms with Crippen molar-refractivity contribution in [1.29, 1.82) is 0 Å². The van der Waals surface area contributed by atoms with Crippen molar-refractivity contribution in [3.05, 3.63) is 244 Å². The molecule has 57 heavy (non-hydrogen) atoms. The van der Waals surface area contributed by atoms with Crippen LogP contribution >= 0.6 is 0 Å². The molecule has 8 aromatic rings. The highest BCUT2D eigenvalue weighted by Gasteiger charge is 2.47. The zero-order valence-corrected chi connectivity index (χ0v) is 32.0. The van der Waals surface area contributed by atoms with Crippen LogP contribution in [0.3, 0.4) is 0 Å². The van der Waals surface area contributed by atoms with E-state index in [0.29, 0.717) is 0 Å². The van der Waals surface area contributed by atoms with Crippen LogP contribution in [0.25, 0.3) is 50.5 Å². The van der Waals surface area contributed by atoms with Crippen LogP contribution in [0, 0.1) is 0 Å². The average molecular weight is 730 g/mol. The van der Waals surface area contributed by atoms with Crippen molar-refractivity contribution in [3.63, 3.8) is 0 Å². The van der Waals surface area contributed by atoms with Crippen LogP contribution in [-0.4, -0.2) is 4.57 Å². The fourth-order valence-corrected chi connectivity index (χ4v) is 10.2. The second-order valence-corrected chi connectivity index (χ2v) is 15.9. The van der Waals surface area contributed by atoms with Gasteiger partial charge in [-0.15, -0.1) is 0 Å². The molecule has 1 aromatic heterocycles. The smallest absolute Gasteiger partial charge is 0.0676 e. The zero-order valence-electron chi connectivity index (χ0n) is 32.0. The van der Waals surface area contributed by atoms with E-state index in [9.17, 15) is 0 Å². The van der Waals surface area contributed by atoms with E-state index in [0.717, 1.165) is 32.1 Å². The first-order valence-corrected chi connectivity index (χ1v) is 20.5. The number of benzene rings is 7. The predicted octanol–water partition coefficient (Wildman–Crippen LogP) is 14.0. The number of hydrogen-bond donors (Lipinski definition) is 0. The molecular formula is C56H43N. The Morgan fingerprint density at radius 1 is 0.491 bits per heavy atom. The molecule has 0 fully saturated rings. The molecule has 0 aliphatic heterocycles.